The third kappa shape index (κ3) is 4.79. The van der Waals surface area contributed by atoms with Crippen molar-refractivity contribution in [3.05, 3.63) is 41.5 Å². The van der Waals surface area contributed by atoms with Crippen molar-refractivity contribution >= 4 is 5.96 Å². The van der Waals surface area contributed by atoms with E-state index in [0.29, 0.717) is 24.2 Å². The molecule has 2 aromatic rings. The normalized spacial score (nSPS) is 11.4. The first-order valence-electron chi connectivity index (χ1n) is 6.63. The van der Waals surface area contributed by atoms with E-state index < -0.39 is 0 Å². The summed E-state index contributed by atoms with van der Waals surface area (Å²) in [4.78, 5) is 8.18. The van der Waals surface area contributed by atoms with Gasteiger partial charge in [0.05, 0.1) is 7.11 Å². The molecule has 1 heterocycles. The lowest BCUT2D eigenvalue weighted by Crippen LogP contribution is -2.33. The molecule has 1 aromatic carbocycles. The van der Waals surface area contributed by atoms with E-state index >= 15 is 0 Å². The number of hydrogen-bond acceptors (Lipinski definition) is 5. The van der Waals surface area contributed by atoms with Gasteiger partial charge >= 0.3 is 0 Å². The summed E-state index contributed by atoms with van der Waals surface area (Å²) in [5, 5.41) is 6.73. The monoisotopic (exact) mass is 289 g/mol. The average molecular weight is 289 g/mol. The summed E-state index contributed by atoms with van der Waals surface area (Å²) < 4.78 is 10.1. The molecule has 0 aliphatic heterocycles. The lowest BCUT2D eigenvalue weighted by molar-refractivity contribution is 0.376. The van der Waals surface area contributed by atoms with E-state index in [-0.39, 0.29) is 6.54 Å². The van der Waals surface area contributed by atoms with Crippen LogP contribution in [0.5, 0.6) is 5.75 Å². The number of guanidine groups is 1. The lowest BCUT2D eigenvalue weighted by Gasteiger charge is -2.06. The molecule has 0 saturated heterocycles. The summed E-state index contributed by atoms with van der Waals surface area (Å²) in [6.07, 6.45) is 0.847. The first-order chi connectivity index (χ1) is 10.2. The summed E-state index contributed by atoms with van der Waals surface area (Å²) in [7, 11) is 1.65. The van der Waals surface area contributed by atoms with Crippen LogP contribution in [-0.2, 0) is 13.0 Å². The number of rotatable bonds is 6. The predicted molar refractivity (Wildman–Crippen MR) is 79.1 cm³/mol. The van der Waals surface area contributed by atoms with E-state index in [9.17, 15) is 0 Å². The van der Waals surface area contributed by atoms with Crippen molar-refractivity contribution in [2.45, 2.75) is 19.9 Å². The maximum Gasteiger partial charge on any atom is 0.248 e. The van der Waals surface area contributed by atoms with Crippen LogP contribution in [0.4, 0.5) is 0 Å². The number of benzene rings is 1. The highest BCUT2D eigenvalue weighted by Gasteiger charge is 2.01. The van der Waals surface area contributed by atoms with Crippen molar-refractivity contribution in [2.75, 3.05) is 13.7 Å². The van der Waals surface area contributed by atoms with Crippen molar-refractivity contribution in [1.82, 2.24) is 15.5 Å². The zero-order valence-corrected chi connectivity index (χ0v) is 12.2. The van der Waals surface area contributed by atoms with Crippen molar-refractivity contribution in [3.8, 4) is 5.75 Å². The number of aliphatic imine (C=N–C) groups is 1. The van der Waals surface area contributed by atoms with Crippen LogP contribution in [0.15, 0.2) is 33.8 Å². The van der Waals surface area contributed by atoms with Crippen LogP contribution in [0.3, 0.4) is 0 Å². The Labute approximate surface area is 123 Å². The molecular formula is C14H19N5O2. The molecule has 0 atom stereocenters. The minimum atomic E-state index is 0.280. The second kappa shape index (κ2) is 7.28. The third-order valence-electron chi connectivity index (χ3n) is 2.83. The molecule has 1 aromatic heterocycles. The Hall–Kier alpha value is -2.57. The van der Waals surface area contributed by atoms with Gasteiger partial charge in [-0.05, 0) is 31.0 Å². The van der Waals surface area contributed by atoms with Crippen LogP contribution in [0.2, 0.25) is 0 Å². The molecule has 21 heavy (non-hydrogen) atoms. The fourth-order valence-electron chi connectivity index (χ4n) is 1.74. The molecule has 2 rings (SSSR count). The molecule has 7 nitrogen and oxygen atoms in total. The summed E-state index contributed by atoms with van der Waals surface area (Å²) in [6.45, 7) is 2.74. The number of ether oxygens (including phenoxy) is 1. The van der Waals surface area contributed by atoms with Gasteiger partial charge in [0.25, 0.3) is 0 Å². The third-order valence-corrected chi connectivity index (χ3v) is 2.83. The number of nitrogens with zero attached hydrogens (tertiary/aromatic N) is 3. The number of hydrogen-bond donors (Lipinski definition) is 2. The van der Waals surface area contributed by atoms with Crippen LogP contribution in [-0.4, -0.2) is 29.8 Å². The second-order valence-corrected chi connectivity index (χ2v) is 4.46. The second-order valence-electron chi connectivity index (χ2n) is 4.46. The van der Waals surface area contributed by atoms with Gasteiger partial charge in [-0.3, -0.25) is 0 Å². The summed E-state index contributed by atoms with van der Waals surface area (Å²) in [6, 6.07) is 7.92. The van der Waals surface area contributed by atoms with Crippen molar-refractivity contribution in [2.24, 2.45) is 10.7 Å². The van der Waals surface area contributed by atoms with Gasteiger partial charge in [0.1, 0.15) is 12.3 Å². The minimum absolute atomic E-state index is 0.280. The van der Waals surface area contributed by atoms with Crippen LogP contribution in [0.25, 0.3) is 0 Å². The molecule has 0 unspecified atom stereocenters. The standard InChI is InChI=1S/C14H19N5O2/c1-10-18-13(21-19-10)9-17-14(15)16-8-7-11-3-5-12(20-2)6-4-11/h3-6H,7-9H2,1-2H3,(H3,15,16,17). The molecule has 0 saturated carbocycles. The predicted octanol–water partition coefficient (Wildman–Crippen LogP) is 1.03. The number of aryl methyl sites for hydroxylation is 1. The first-order valence-corrected chi connectivity index (χ1v) is 6.63. The molecule has 0 aliphatic rings. The maximum absolute atomic E-state index is 5.77. The quantitative estimate of drug-likeness (QED) is 0.609. The molecule has 0 spiro atoms. The van der Waals surface area contributed by atoms with Gasteiger partial charge in [-0.15, -0.1) is 0 Å². The number of nitrogens with one attached hydrogen (secondary N) is 1. The van der Waals surface area contributed by atoms with E-state index in [1.807, 2.05) is 24.3 Å². The van der Waals surface area contributed by atoms with Crippen LogP contribution in [0.1, 0.15) is 17.3 Å². The fraction of sp³-hybridized carbons (Fsp3) is 0.357. The van der Waals surface area contributed by atoms with Gasteiger partial charge in [0.2, 0.25) is 5.89 Å². The molecule has 0 fully saturated rings. The minimum Gasteiger partial charge on any atom is -0.497 e. The van der Waals surface area contributed by atoms with Gasteiger partial charge in [-0.2, -0.15) is 4.98 Å². The molecule has 0 aliphatic carbocycles. The summed E-state index contributed by atoms with van der Waals surface area (Å²) in [5.74, 6) is 2.25. The Morgan fingerprint density at radius 3 is 2.76 bits per heavy atom. The van der Waals surface area contributed by atoms with Gasteiger partial charge in [-0.25, -0.2) is 4.99 Å². The van der Waals surface area contributed by atoms with E-state index in [1.165, 1.54) is 5.56 Å². The molecular weight excluding hydrogens is 270 g/mol. The van der Waals surface area contributed by atoms with Crippen molar-refractivity contribution < 1.29 is 9.26 Å². The Morgan fingerprint density at radius 1 is 1.38 bits per heavy atom. The SMILES string of the molecule is COc1ccc(CCNC(N)=NCc2nc(C)no2)cc1. The van der Waals surface area contributed by atoms with E-state index in [4.69, 9.17) is 15.0 Å². The molecule has 0 bridgehead atoms. The van der Waals surface area contributed by atoms with Crippen LogP contribution >= 0.6 is 0 Å². The zero-order chi connectivity index (χ0) is 15.1. The largest absolute Gasteiger partial charge is 0.497 e. The number of aromatic nitrogens is 2. The summed E-state index contributed by atoms with van der Waals surface area (Å²) >= 11 is 0. The Kier molecular flexibility index (Phi) is 5.14. The number of nitrogens with two attached hydrogens (primary N) is 1. The highest BCUT2D eigenvalue weighted by Crippen LogP contribution is 2.11. The van der Waals surface area contributed by atoms with E-state index in [2.05, 4.69) is 20.4 Å². The van der Waals surface area contributed by atoms with Crippen LogP contribution < -0.4 is 15.8 Å². The Balaban J connectivity index is 1.74. The maximum atomic E-state index is 5.77. The molecule has 112 valence electrons. The topological polar surface area (TPSA) is 98.6 Å². The van der Waals surface area contributed by atoms with Crippen molar-refractivity contribution in [3.63, 3.8) is 0 Å². The molecule has 0 amide bonds. The highest BCUT2D eigenvalue weighted by atomic mass is 16.5. The molecule has 3 N–H and O–H groups in total. The van der Waals surface area contributed by atoms with Crippen molar-refractivity contribution in [1.29, 1.82) is 0 Å². The Bertz CT molecular complexity index is 592. The van der Waals surface area contributed by atoms with Gasteiger partial charge in [-0.1, -0.05) is 17.3 Å². The molecule has 0 radical (unpaired) electrons. The highest BCUT2D eigenvalue weighted by molar-refractivity contribution is 5.77. The fourth-order valence-corrected chi connectivity index (χ4v) is 1.74. The Morgan fingerprint density at radius 2 is 2.14 bits per heavy atom. The lowest BCUT2D eigenvalue weighted by atomic mass is 10.1. The van der Waals surface area contributed by atoms with Crippen LogP contribution in [0, 0.1) is 6.92 Å². The average Bonchev–Trinajstić information content (AvgIpc) is 2.91. The van der Waals surface area contributed by atoms with Gasteiger partial charge in [0.15, 0.2) is 11.8 Å². The first kappa shape index (κ1) is 14.8. The van der Waals surface area contributed by atoms with E-state index in [1.54, 1.807) is 14.0 Å². The smallest absolute Gasteiger partial charge is 0.248 e. The number of methoxy groups -OCH3 is 1. The van der Waals surface area contributed by atoms with Gasteiger partial charge < -0.3 is 20.3 Å². The zero-order valence-electron chi connectivity index (χ0n) is 12.2. The summed E-state index contributed by atoms with van der Waals surface area (Å²) in [5.41, 5.74) is 6.96. The van der Waals surface area contributed by atoms with E-state index in [0.717, 1.165) is 12.2 Å². The van der Waals surface area contributed by atoms with Gasteiger partial charge in [0, 0.05) is 6.54 Å². The molecule has 7 heteroatoms.